The minimum atomic E-state index is -0.534. The molecule has 1 fully saturated rings. The van der Waals surface area contributed by atoms with E-state index < -0.39 is 11.6 Å². The average Bonchev–Trinajstić information content (AvgIpc) is 2.03. The largest absolute Gasteiger partial charge is 0.403 e. The van der Waals surface area contributed by atoms with Gasteiger partial charge in [-0.15, -0.1) is 5.06 Å². The highest BCUT2D eigenvalue weighted by atomic mass is 19.1. The fraction of sp³-hybridized carbons (Fsp3) is 0.333. The maximum Gasteiger partial charge on any atom is 0.185 e. The van der Waals surface area contributed by atoms with Gasteiger partial charge < -0.3 is 4.84 Å². The Morgan fingerprint density at radius 3 is 2.62 bits per heavy atom. The minimum Gasteiger partial charge on any atom is -0.403 e. The number of halogens is 2. The van der Waals surface area contributed by atoms with Crippen LogP contribution in [0.25, 0.3) is 0 Å². The Balaban J connectivity index is 2.13. The van der Waals surface area contributed by atoms with Gasteiger partial charge in [-0.3, -0.25) is 0 Å². The first kappa shape index (κ1) is 8.44. The molecule has 0 atom stereocenters. The van der Waals surface area contributed by atoms with Crippen molar-refractivity contribution < 1.29 is 13.6 Å². The van der Waals surface area contributed by atoms with Gasteiger partial charge in [0.05, 0.1) is 0 Å². The van der Waals surface area contributed by atoms with E-state index in [9.17, 15) is 8.78 Å². The summed E-state index contributed by atoms with van der Waals surface area (Å²) >= 11 is 0. The molecule has 1 aromatic carbocycles. The van der Waals surface area contributed by atoms with Crippen molar-refractivity contribution in [2.24, 2.45) is 0 Å². The number of hydrogen-bond donors (Lipinski definition) is 0. The normalized spacial score (nSPS) is 16.8. The van der Waals surface area contributed by atoms with E-state index >= 15 is 0 Å². The van der Waals surface area contributed by atoms with Gasteiger partial charge in [0, 0.05) is 19.2 Å². The molecule has 0 radical (unpaired) electrons. The van der Waals surface area contributed by atoms with Gasteiger partial charge in [0.25, 0.3) is 0 Å². The van der Waals surface area contributed by atoms with Crippen LogP contribution in [0.3, 0.4) is 0 Å². The SMILES string of the molecule is Fc1ccc(F)c(ON2CCC2)c1. The second kappa shape index (κ2) is 3.30. The second-order valence-electron chi connectivity index (χ2n) is 2.95. The van der Waals surface area contributed by atoms with Crippen molar-refractivity contribution >= 4 is 0 Å². The second-order valence-corrected chi connectivity index (χ2v) is 2.95. The molecule has 0 spiro atoms. The van der Waals surface area contributed by atoms with Crippen LogP contribution in [0.2, 0.25) is 0 Å². The number of rotatable bonds is 2. The molecule has 0 N–H and O–H groups in total. The molecule has 2 rings (SSSR count). The predicted molar refractivity (Wildman–Crippen MR) is 43.2 cm³/mol. The molecule has 0 unspecified atom stereocenters. The summed E-state index contributed by atoms with van der Waals surface area (Å²) < 4.78 is 25.6. The van der Waals surface area contributed by atoms with E-state index in [0.29, 0.717) is 0 Å². The highest BCUT2D eigenvalue weighted by Gasteiger charge is 2.17. The lowest BCUT2D eigenvalue weighted by molar-refractivity contribution is -0.109. The minimum absolute atomic E-state index is 0.0419. The zero-order valence-electron chi connectivity index (χ0n) is 6.96. The van der Waals surface area contributed by atoms with Gasteiger partial charge in [-0.2, -0.15) is 0 Å². The fourth-order valence-electron chi connectivity index (χ4n) is 1.06. The lowest BCUT2D eigenvalue weighted by atomic mass is 10.3. The molecule has 70 valence electrons. The van der Waals surface area contributed by atoms with Crippen molar-refractivity contribution in [2.75, 3.05) is 13.1 Å². The first-order valence-electron chi connectivity index (χ1n) is 4.14. The molecule has 0 saturated carbocycles. The summed E-state index contributed by atoms with van der Waals surface area (Å²) in [5.74, 6) is -1.06. The number of hydroxylamine groups is 2. The van der Waals surface area contributed by atoms with Gasteiger partial charge in [0.15, 0.2) is 11.6 Å². The average molecular weight is 185 g/mol. The van der Waals surface area contributed by atoms with Gasteiger partial charge in [0.2, 0.25) is 0 Å². The molecule has 1 heterocycles. The Bertz CT molecular complexity index is 312. The summed E-state index contributed by atoms with van der Waals surface area (Å²) in [4.78, 5) is 5.08. The van der Waals surface area contributed by atoms with E-state index in [1.807, 2.05) is 0 Å². The van der Waals surface area contributed by atoms with Crippen molar-refractivity contribution in [3.63, 3.8) is 0 Å². The van der Waals surface area contributed by atoms with E-state index in [0.717, 1.165) is 37.7 Å². The number of hydrogen-bond acceptors (Lipinski definition) is 2. The predicted octanol–water partition coefficient (Wildman–Crippen LogP) is 1.96. The summed E-state index contributed by atoms with van der Waals surface area (Å²) in [5.41, 5.74) is 0. The molecule has 0 aliphatic carbocycles. The molecule has 0 bridgehead atoms. The van der Waals surface area contributed by atoms with Crippen LogP contribution in [0.15, 0.2) is 18.2 Å². The Kier molecular flexibility index (Phi) is 2.14. The molecule has 1 saturated heterocycles. The van der Waals surface area contributed by atoms with Crippen LogP contribution in [0, 0.1) is 11.6 Å². The maximum atomic E-state index is 13.0. The molecule has 1 aliphatic rings. The standard InChI is InChI=1S/C9H9F2NO/c10-7-2-3-8(11)9(6-7)13-12-4-1-5-12/h2-3,6H,1,4-5H2. The van der Waals surface area contributed by atoms with Crippen LogP contribution >= 0.6 is 0 Å². The molecule has 0 amide bonds. The fourth-order valence-corrected chi connectivity index (χ4v) is 1.06. The number of benzene rings is 1. The third kappa shape index (κ3) is 1.78. The number of nitrogens with zero attached hydrogens (tertiary/aromatic N) is 1. The van der Waals surface area contributed by atoms with E-state index in [1.54, 1.807) is 5.06 Å². The molecule has 13 heavy (non-hydrogen) atoms. The summed E-state index contributed by atoms with van der Waals surface area (Å²) in [6, 6.07) is 3.18. The lowest BCUT2D eigenvalue weighted by Gasteiger charge is -2.29. The van der Waals surface area contributed by atoms with E-state index in [-0.39, 0.29) is 5.75 Å². The van der Waals surface area contributed by atoms with Crippen LogP contribution in [0.5, 0.6) is 5.75 Å². The van der Waals surface area contributed by atoms with Gasteiger partial charge in [-0.05, 0) is 18.6 Å². The molecule has 1 aromatic rings. The third-order valence-electron chi connectivity index (χ3n) is 1.94. The Hall–Kier alpha value is -1.16. The summed E-state index contributed by atoms with van der Waals surface area (Å²) in [5, 5.41) is 1.60. The Morgan fingerprint density at radius 1 is 1.23 bits per heavy atom. The Morgan fingerprint density at radius 2 is 2.00 bits per heavy atom. The smallest absolute Gasteiger partial charge is 0.185 e. The van der Waals surface area contributed by atoms with Crippen molar-refractivity contribution in [3.05, 3.63) is 29.8 Å². The molecule has 0 aromatic heterocycles. The van der Waals surface area contributed by atoms with Gasteiger partial charge in [-0.1, -0.05) is 0 Å². The van der Waals surface area contributed by atoms with Crippen LogP contribution < -0.4 is 4.84 Å². The van der Waals surface area contributed by atoms with E-state index in [4.69, 9.17) is 4.84 Å². The first-order valence-corrected chi connectivity index (χ1v) is 4.14. The van der Waals surface area contributed by atoms with Crippen molar-refractivity contribution in [1.82, 2.24) is 5.06 Å². The molecule has 2 nitrogen and oxygen atoms in total. The topological polar surface area (TPSA) is 12.5 Å². The van der Waals surface area contributed by atoms with Gasteiger partial charge in [-0.25, -0.2) is 8.78 Å². The van der Waals surface area contributed by atoms with Crippen LogP contribution in [0.1, 0.15) is 6.42 Å². The van der Waals surface area contributed by atoms with Gasteiger partial charge in [0.1, 0.15) is 5.82 Å². The highest BCUT2D eigenvalue weighted by Crippen LogP contribution is 2.20. The molecule has 1 aliphatic heterocycles. The lowest BCUT2D eigenvalue weighted by Crippen LogP contribution is -2.39. The van der Waals surface area contributed by atoms with E-state index in [1.165, 1.54) is 0 Å². The maximum absolute atomic E-state index is 13.0. The zero-order valence-corrected chi connectivity index (χ0v) is 6.96. The summed E-state index contributed by atoms with van der Waals surface area (Å²) in [7, 11) is 0. The Labute approximate surface area is 74.7 Å². The zero-order chi connectivity index (χ0) is 9.26. The van der Waals surface area contributed by atoms with Crippen LogP contribution in [-0.4, -0.2) is 18.2 Å². The molecular weight excluding hydrogens is 176 g/mol. The van der Waals surface area contributed by atoms with Crippen molar-refractivity contribution in [1.29, 1.82) is 0 Å². The summed E-state index contributed by atoms with van der Waals surface area (Å²) in [6.45, 7) is 1.55. The third-order valence-corrected chi connectivity index (χ3v) is 1.94. The van der Waals surface area contributed by atoms with Crippen LogP contribution in [0.4, 0.5) is 8.78 Å². The highest BCUT2D eigenvalue weighted by molar-refractivity contribution is 5.24. The van der Waals surface area contributed by atoms with Gasteiger partial charge >= 0.3 is 0 Å². The van der Waals surface area contributed by atoms with Crippen molar-refractivity contribution in [2.45, 2.75) is 6.42 Å². The molecular formula is C9H9F2NO. The quantitative estimate of drug-likeness (QED) is 0.698. The first-order chi connectivity index (χ1) is 6.25. The molecule has 4 heteroatoms. The van der Waals surface area contributed by atoms with Crippen molar-refractivity contribution in [3.8, 4) is 5.75 Å². The summed E-state index contributed by atoms with van der Waals surface area (Å²) in [6.07, 6.45) is 1.04. The monoisotopic (exact) mass is 185 g/mol. The van der Waals surface area contributed by atoms with Crippen LogP contribution in [-0.2, 0) is 0 Å². The van der Waals surface area contributed by atoms with E-state index in [2.05, 4.69) is 0 Å².